The van der Waals surface area contributed by atoms with Gasteiger partial charge in [0.1, 0.15) is 12.4 Å². The summed E-state index contributed by atoms with van der Waals surface area (Å²) in [4.78, 5) is 10.5. The number of nitrogens with zero attached hydrogens (tertiary/aromatic N) is 2. The molecule has 1 heterocycles. The van der Waals surface area contributed by atoms with E-state index in [1.165, 1.54) is 34.6 Å². The number of para-hydroxylation sites is 1. The van der Waals surface area contributed by atoms with Gasteiger partial charge in [-0.05, 0) is 18.2 Å². The zero-order valence-electron chi connectivity index (χ0n) is 15.6. The normalized spacial score (nSPS) is 15.2. The predicted octanol–water partition coefficient (Wildman–Crippen LogP) is 2.80. The number of alkyl halides is 2. The van der Waals surface area contributed by atoms with Gasteiger partial charge in [-0.25, -0.2) is 8.42 Å². The van der Waals surface area contributed by atoms with Gasteiger partial charge in [0.25, 0.3) is 0 Å². The molecule has 0 N–H and O–H groups in total. The molecular formula is C18H18F2N2O7S. The Labute approximate surface area is 171 Å². The molecule has 0 unspecified atom stereocenters. The van der Waals surface area contributed by atoms with Crippen LogP contribution in [0.1, 0.15) is 5.56 Å². The van der Waals surface area contributed by atoms with Crippen molar-refractivity contribution in [2.75, 3.05) is 26.3 Å². The van der Waals surface area contributed by atoms with E-state index in [9.17, 15) is 27.3 Å². The number of hydrogen-bond acceptors (Lipinski definition) is 7. The van der Waals surface area contributed by atoms with E-state index in [0.717, 1.165) is 6.07 Å². The fraction of sp³-hybridized carbons (Fsp3) is 0.333. The first kappa shape index (κ1) is 21.9. The Morgan fingerprint density at radius 2 is 1.83 bits per heavy atom. The lowest BCUT2D eigenvalue weighted by Crippen LogP contribution is -2.40. The molecule has 0 spiro atoms. The van der Waals surface area contributed by atoms with E-state index in [1.807, 2.05) is 0 Å². The number of nitro groups is 1. The molecule has 9 nitrogen and oxygen atoms in total. The molecular weight excluding hydrogens is 426 g/mol. The molecule has 2 aromatic rings. The third-order valence-corrected chi connectivity index (χ3v) is 6.20. The average molecular weight is 444 g/mol. The number of ether oxygens (including phenoxy) is 3. The van der Waals surface area contributed by atoms with E-state index in [2.05, 4.69) is 4.74 Å². The number of benzene rings is 2. The summed E-state index contributed by atoms with van der Waals surface area (Å²) in [6.45, 7) is -2.56. The van der Waals surface area contributed by atoms with Crippen LogP contribution in [0.25, 0.3) is 0 Å². The molecule has 1 fully saturated rings. The van der Waals surface area contributed by atoms with E-state index >= 15 is 0 Å². The fourth-order valence-corrected chi connectivity index (χ4v) is 4.28. The molecule has 3 rings (SSSR count). The lowest BCUT2D eigenvalue weighted by molar-refractivity contribution is -0.386. The van der Waals surface area contributed by atoms with Crippen LogP contribution >= 0.6 is 0 Å². The van der Waals surface area contributed by atoms with E-state index in [1.54, 1.807) is 6.07 Å². The summed E-state index contributed by atoms with van der Waals surface area (Å²) in [7, 11) is -3.93. The molecule has 162 valence electrons. The average Bonchev–Trinajstić information content (AvgIpc) is 2.73. The van der Waals surface area contributed by atoms with Crippen molar-refractivity contribution in [2.24, 2.45) is 0 Å². The summed E-state index contributed by atoms with van der Waals surface area (Å²) in [5, 5.41) is 11.5. The zero-order valence-corrected chi connectivity index (χ0v) is 16.4. The second-order valence-corrected chi connectivity index (χ2v) is 8.12. The van der Waals surface area contributed by atoms with Crippen LogP contribution in [-0.4, -0.2) is 50.6 Å². The van der Waals surface area contributed by atoms with Crippen LogP contribution in [0, 0.1) is 10.1 Å². The number of halogens is 2. The first-order valence-corrected chi connectivity index (χ1v) is 10.2. The molecule has 30 heavy (non-hydrogen) atoms. The fourth-order valence-electron chi connectivity index (χ4n) is 2.85. The lowest BCUT2D eigenvalue weighted by Gasteiger charge is -2.26. The van der Waals surface area contributed by atoms with Crippen molar-refractivity contribution in [3.8, 4) is 11.5 Å². The molecule has 0 radical (unpaired) electrons. The van der Waals surface area contributed by atoms with E-state index < -0.39 is 27.2 Å². The van der Waals surface area contributed by atoms with Gasteiger partial charge in [0, 0.05) is 24.7 Å². The van der Waals surface area contributed by atoms with Crippen molar-refractivity contribution < 1.29 is 36.3 Å². The third-order valence-electron chi connectivity index (χ3n) is 4.31. The summed E-state index contributed by atoms with van der Waals surface area (Å²) in [6, 6.07) is 9.15. The SMILES string of the molecule is O=[N+]([O-])c1cc(S(=O)(=O)N2CCOCC2)ccc1OCc1ccccc1OC(F)F. The van der Waals surface area contributed by atoms with Crippen molar-refractivity contribution in [3.63, 3.8) is 0 Å². The highest BCUT2D eigenvalue weighted by Crippen LogP contribution is 2.32. The van der Waals surface area contributed by atoms with Crippen LogP contribution in [-0.2, 0) is 21.4 Å². The molecule has 1 aliphatic rings. The zero-order chi connectivity index (χ0) is 21.7. The maximum atomic E-state index is 12.7. The highest BCUT2D eigenvalue weighted by Gasteiger charge is 2.29. The number of morpholine rings is 1. The van der Waals surface area contributed by atoms with Crippen molar-refractivity contribution in [1.29, 1.82) is 0 Å². The standard InChI is InChI=1S/C18H18F2N2O7S/c19-18(20)29-16-4-2-1-3-13(16)12-28-17-6-5-14(11-15(17)22(23)24)30(25,26)21-7-9-27-10-8-21/h1-6,11,18H,7-10,12H2. The molecule has 12 heteroatoms. The van der Waals surface area contributed by atoms with Gasteiger partial charge in [0.2, 0.25) is 10.0 Å². The first-order chi connectivity index (χ1) is 14.3. The van der Waals surface area contributed by atoms with Crippen LogP contribution < -0.4 is 9.47 Å². The van der Waals surface area contributed by atoms with Gasteiger partial charge in [-0.2, -0.15) is 13.1 Å². The second-order valence-electron chi connectivity index (χ2n) is 6.18. The molecule has 0 aliphatic carbocycles. The quantitative estimate of drug-likeness (QED) is 0.455. The van der Waals surface area contributed by atoms with Gasteiger partial charge in [-0.1, -0.05) is 18.2 Å². The summed E-state index contributed by atoms with van der Waals surface area (Å²) in [6.07, 6.45) is 0. The molecule has 1 aliphatic heterocycles. The summed E-state index contributed by atoms with van der Waals surface area (Å²) in [5.41, 5.74) is -0.311. The van der Waals surface area contributed by atoms with Crippen molar-refractivity contribution in [2.45, 2.75) is 18.1 Å². The molecule has 1 saturated heterocycles. The van der Waals surface area contributed by atoms with Crippen LogP contribution in [0.5, 0.6) is 11.5 Å². The van der Waals surface area contributed by atoms with Crippen LogP contribution in [0.4, 0.5) is 14.5 Å². The van der Waals surface area contributed by atoms with Gasteiger partial charge in [-0.3, -0.25) is 10.1 Å². The van der Waals surface area contributed by atoms with Gasteiger partial charge >= 0.3 is 12.3 Å². The van der Waals surface area contributed by atoms with Gasteiger partial charge in [0.05, 0.1) is 23.0 Å². The number of nitro benzene ring substituents is 1. The molecule has 0 bridgehead atoms. The predicted molar refractivity (Wildman–Crippen MR) is 100 cm³/mol. The van der Waals surface area contributed by atoms with Crippen LogP contribution in [0.2, 0.25) is 0 Å². The Hall–Kier alpha value is -2.83. The Morgan fingerprint density at radius 3 is 2.50 bits per heavy atom. The van der Waals surface area contributed by atoms with Crippen LogP contribution in [0.15, 0.2) is 47.4 Å². The molecule has 0 amide bonds. The largest absolute Gasteiger partial charge is 0.482 e. The summed E-state index contributed by atoms with van der Waals surface area (Å²) >= 11 is 0. The highest BCUT2D eigenvalue weighted by molar-refractivity contribution is 7.89. The highest BCUT2D eigenvalue weighted by atomic mass is 32.2. The van der Waals surface area contributed by atoms with Crippen molar-refractivity contribution in [1.82, 2.24) is 4.31 Å². The molecule has 0 saturated carbocycles. The Balaban J connectivity index is 1.84. The van der Waals surface area contributed by atoms with Crippen molar-refractivity contribution >= 4 is 15.7 Å². The smallest absolute Gasteiger partial charge is 0.387 e. The van der Waals surface area contributed by atoms with E-state index in [-0.39, 0.29) is 54.9 Å². The second kappa shape index (κ2) is 9.32. The van der Waals surface area contributed by atoms with Gasteiger partial charge < -0.3 is 14.2 Å². The lowest BCUT2D eigenvalue weighted by atomic mass is 10.2. The van der Waals surface area contributed by atoms with Gasteiger partial charge in [-0.15, -0.1) is 0 Å². The monoisotopic (exact) mass is 444 g/mol. The third kappa shape index (κ3) is 5.01. The topological polar surface area (TPSA) is 108 Å². The van der Waals surface area contributed by atoms with E-state index in [4.69, 9.17) is 9.47 Å². The minimum absolute atomic E-state index is 0.123. The molecule has 2 aromatic carbocycles. The number of rotatable bonds is 8. The Kier molecular flexibility index (Phi) is 6.80. The summed E-state index contributed by atoms with van der Waals surface area (Å²) < 4.78 is 66.6. The minimum atomic E-state index is -3.93. The van der Waals surface area contributed by atoms with Crippen molar-refractivity contribution in [3.05, 3.63) is 58.1 Å². The maximum Gasteiger partial charge on any atom is 0.387 e. The number of hydrogen-bond donors (Lipinski definition) is 0. The maximum absolute atomic E-state index is 12.7. The molecule has 0 atom stereocenters. The Morgan fingerprint density at radius 1 is 1.13 bits per heavy atom. The number of sulfonamides is 1. The molecule has 0 aromatic heterocycles. The van der Waals surface area contributed by atoms with Crippen LogP contribution in [0.3, 0.4) is 0 Å². The minimum Gasteiger partial charge on any atom is -0.482 e. The van der Waals surface area contributed by atoms with E-state index in [0.29, 0.717) is 0 Å². The Bertz CT molecular complexity index is 1010. The first-order valence-electron chi connectivity index (χ1n) is 8.81. The summed E-state index contributed by atoms with van der Waals surface area (Å²) in [5.74, 6) is -0.325. The van der Waals surface area contributed by atoms with Gasteiger partial charge in [0.15, 0.2) is 5.75 Å².